The fraction of sp³-hybridized carbons (Fsp3) is 0.250. The molecule has 0 radical (unpaired) electrons. The van der Waals surface area contributed by atoms with Crippen LogP contribution in [-0.2, 0) is 29.6 Å². The molecule has 0 aliphatic heterocycles. The van der Waals surface area contributed by atoms with E-state index in [0.717, 1.165) is 29.7 Å². The minimum atomic E-state index is -3.65. The van der Waals surface area contributed by atoms with E-state index in [0.29, 0.717) is 24.7 Å². The lowest BCUT2D eigenvalue weighted by Crippen LogP contribution is -2.17. The standard InChI is InChI=1S/C24H28N2O4S.ClH/c1-18-4-3-5-21(14-18)17-30-23-11-8-20(15-24(23)29-2)16-26-13-12-19-6-9-22(10-7-19)31(25,27)28;/h3-11,14-15,26H,12-13,16-17H2,1-2H3,(H2,25,27,28);1H. The smallest absolute Gasteiger partial charge is 0.238 e. The minimum absolute atomic E-state index is 0. The molecule has 0 aromatic heterocycles. The molecule has 0 amide bonds. The van der Waals surface area contributed by atoms with Gasteiger partial charge in [0, 0.05) is 6.54 Å². The van der Waals surface area contributed by atoms with Crippen molar-refractivity contribution in [2.45, 2.75) is 31.4 Å². The van der Waals surface area contributed by atoms with Crippen LogP contribution in [0, 0.1) is 6.92 Å². The molecule has 0 atom stereocenters. The maximum Gasteiger partial charge on any atom is 0.238 e. The maximum absolute atomic E-state index is 11.3. The van der Waals surface area contributed by atoms with Crippen LogP contribution in [0.25, 0.3) is 0 Å². The molecular weight excluding hydrogens is 448 g/mol. The maximum atomic E-state index is 11.3. The average Bonchev–Trinajstić information content (AvgIpc) is 2.75. The van der Waals surface area contributed by atoms with Crippen molar-refractivity contribution < 1.29 is 17.9 Å². The van der Waals surface area contributed by atoms with Gasteiger partial charge in [-0.1, -0.05) is 48.0 Å². The Hall–Kier alpha value is -2.58. The summed E-state index contributed by atoms with van der Waals surface area (Å²) in [4.78, 5) is 0.126. The Morgan fingerprint density at radius 2 is 1.62 bits per heavy atom. The van der Waals surface area contributed by atoms with Gasteiger partial charge in [-0.15, -0.1) is 12.4 Å². The topological polar surface area (TPSA) is 90.6 Å². The van der Waals surface area contributed by atoms with E-state index >= 15 is 0 Å². The number of halogens is 1. The fourth-order valence-electron chi connectivity index (χ4n) is 3.22. The highest BCUT2D eigenvalue weighted by molar-refractivity contribution is 7.89. The number of rotatable bonds is 10. The first kappa shape index (κ1) is 25.7. The van der Waals surface area contributed by atoms with Crippen LogP contribution in [-0.4, -0.2) is 22.1 Å². The number of aryl methyl sites for hydroxylation is 1. The van der Waals surface area contributed by atoms with Crippen LogP contribution >= 0.6 is 12.4 Å². The summed E-state index contributed by atoms with van der Waals surface area (Å²) >= 11 is 0. The number of methoxy groups -OCH3 is 1. The molecule has 0 saturated heterocycles. The number of ether oxygens (including phenoxy) is 2. The molecule has 0 saturated carbocycles. The Morgan fingerprint density at radius 1 is 0.906 bits per heavy atom. The Labute approximate surface area is 196 Å². The Bertz CT molecular complexity index is 1120. The van der Waals surface area contributed by atoms with Gasteiger partial charge < -0.3 is 14.8 Å². The van der Waals surface area contributed by atoms with Gasteiger partial charge in [-0.2, -0.15) is 0 Å². The Morgan fingerprint density at radius 3 is 2.28 bits per heavy atom. The largest absolute Gasteiger partial charge is 0.493 e. The van der Waals surface area contributed by atoms with Crippen molar-refractivity contribution in [3.63, 3.8) is 0 Å². The van der Waals surface area contributed by atoms with Crippen LogP contribution in [0.3, 0.4) is 0 Å². The van der Waals surface area contributed by atoms with Crippen molar-refractivity contribution >= 4 is 22.4 Å². The number of nitrogens with two attached hydrogens (primary N) is 1. The molecule has 0 unspecified atom stereocenters. The van der Waals surface area contributed by atoms with E-state index in [9.17, 15) is 8.42 Å². The van der Waals surface area contributed by atoms with E-state index < -0.39 is 10.0 Å². The second kappa shape index (κ2) is 11.9. The summed E-state index contributed by atoms with van der Waals surface area (Å²) in [6, 6.07) is 20.8. The van der Waals surface area contributed by atoms with Crippen LogP contribution in [0.4, 0.5) is 0 Å². The van der Waals surface area contributed by atoms with Gasteiger partial charge in [0.05, 0.1) is 12.0 Å². The zero-order valence-electron chi connectivity index (χ0n) is 18.2. The molecular formula is C24H29ClN2O4S. The van der Waals surface area contributed by atoms with Crippen LogP contribution in [0.2, 0.25) is 0 Å². The SMILES string of the molecule is COc1cc(CNCCc2ccc(S(N)(=O)=O)cc2)ccc1OCc1cccc(C)c1.Cl. The van der Waals surface area contributed by atoms with Crippen LogP contribution in [0.1, 0.15) is 22.3 Å². The summed E-state index contributed by atoms with van der Waals surface area (Å²) in [6.45, 7) is 3.98. The predicted octanol–water partition coefficient (Wildman–Crippen LogP) is 3.98. The van der Waals surface area contributed by atoms with Gasteiger partial charge in [0.15, 0.2) is 11.5 Å². The molecule has 172 valence electrons. The molecule has 0 aliphatic rings. The zero-order valence-corrected chi connectivity index (χ0v) is 19.8. The molecule has 8 heteroatoms. The first-order chi connectivity index (χ1) is 14.8. The van der Waals surface area contributed by atoms with E-state index in [4.69, 9.17) is 14.6 Å². The molecule has 32 heavy (non-hydrogen) atoms. The van der Waals surface area contributed by atoms with E-state index in [2.05, 4.69) is 24.4 Å². The molecule has 3 rings (SSSR count). The summed E-state index contributed by atoms with van der Waals surface area (Å²) < 4.78 is 34.1. The highest BCUT2D eigenvalue weighted by atomic mass is 35.5. The van der Waals surface area contributed by atoms with Crippen molar-refractivity contribution in [2.75, 3.05) is 13.7 Å². The van der Waals surface area contributed by atoms with E-state index in [1.54, 1.807) is 19.2 Å². The summed E-state index contributed by atoms with van der Waals surface area (Å²) in [5, 5.41) is 8.51. The number of benzene rings is 3. The third-order valence-corrected chi connectivity index (χ3v) is 5.81. The van der Waals surface area contributed by atoms with Crippen molar-refractivity contribution in [3.8, 4) is 11.5 Å². The quantitative estimate of drug-likeness (QED) is 0.432. The van der Waals surface area contributed by atoms with Gasteiger partial charge in [-0.05, 0) is 60.8 Å². The highest BCUT2D eigenvalue weighted by Crippen LogP contribution is 2.29. The Balaban J connectivity index is 0.00000363. The Kier molecular flexibility index (Phi) is 9.53. The molecule has 0 spiro atoms. The van der Waals surface area contributed by atoms with Gasteiger partial charge >= 0.3 is 0 Å². The lowest BCUT2D eigenvalue weighted by atomic mass is 10.1. The first-order valence-corrected chi connectivity index (χ1v) is 11.6. The summed E-state index contributed by atoms with van der Waals surface area (Å²) in [5.41, 5.74) is 4.45. The van der Waals surface area contributed by atoms with Gasteiger partial charge in [0.2, 0.25) is 10.0 Å². The third kappa shape index (κ3) is 7.53. The average molecular weight is 477 g/mol. The molecule has 3 aromatic rings. The number of nitrogens with one attached hydrogen (secondary N) is 1. The normalized spacial score (nSPS) is 11.0. The highest BCUT2D eigenvalue weighted by Gasteiger charge is 2.08. The monoisotopic (exact) mass is 476 g/mol. The van der Waals surface area contributed by atoms with Crippen molar-refractivity contribution in [3.05, 3.63) is 89.0 Å². The predicted molar refractivity (Wildman–Crippen MR) is 129 cm³/mol. The zero-order chi connectivity index (χ0) is 22.3. The van der Waals surface area contributed by atoms with E-state index in [-0.39, 0.29) is 17.3 Å². The minimum Gasteiger partial charge on any atom is -0.493 e. The molecule has 6 nitrogen and oxygen atoms in total. The van der Waals surface area contributed by atoms with E-state index in [1.165, 1.54) is 17.7 Å². The summed E-state index contributed by atoms with van der Waals surface area (Å²) in [6.07, 6.45) is 0.778. The second-order valence-electron chi connectivity index (χ2n) is 7.38. The summed E-state index contributed by atoms with van der Waals surface area (Å²) in [5.74, 6) is 1.41. The van der Waals surface area contributed by atoms with Crippen molar-refractivity contribution in [1.82, 2.24) is 5.32 Å². The number of hydrogen-bond donors (Lipinski definition) is 2. The molecule has 0 fully saturated rings. The van der Waals surface area contributed by atoms with Crippen molar-refractivity contribution in [1.29, 1.82) is 0 Å². The third-order valence-electron chi connectivity index (χ3n) is 4.88. The second-order valence-corrected chi connectivity index (χ2v) is 8.94. The van der Waals surface area contributed by atoms with Gasteiger partial charge in [0.1, 0.15) is 6.61 Å². The van der Waals surface area contributed by atoms with Crippen LogP contribution < -0.4 is 19.9 Å². The van der Waals surface area contributed by atoms with E-state index in [1.807, 2.05) is 30.3 Å². The number of hydrogen-bond acceptors (Lipinski definition) is 5. The molecule has 0 heterocycles. The number of sulfonamides is 1. The van der Waals surface area contributed by atoms with Crippen LogP contribution in [0.5, 0.6) is 11.5 Å². The molecule has 3 N–H and O–H groups in total. The van der Waals surface area contributed by atoms with Crippen molar-refractivity contribution in [2.24, 2.45) is 5.14 Å². The van der Waals surface area contributed by atoms with Crippen LogP contribution in [0.15, 0.2) is 71.6 Å². The lowest BCUT2D eigenvalue weighted by Gasteiger charge is -2.13. The molecule has 3 aromatic carbocycles. The number of primary sulfonamides is 1. The lowest BCUT2D eigenvalue weighted by molar-refractivity contribution is 0.284. The van der Waals surface area contributed by atoms with Gasteiger partial charge in [-0.25, -0.2) is 13.6 Å². The molecule has 0 aliphatic carbocycles. The molecule has 0 bridgehead atoms. The van der Waals surface area contributed by atoms with Gasteiger partial charge in [0.25, 0.3) is 0 Å². The van der Waals surface area contributed by atoms with Gasteiger partial charge in [-0.3, -0.25) is 0 Å². The fourth-order valence-corrected chi connectivity index (χ4v) is 3.73. The first-order valence-electron chi connectivity index (χ1n) is 10.0. The summed E-state index contributed by atoms with van der Waals surface area (Å²) in [7, 11) is -2.01.